The lowest BCUT2D eigenvalue weighted by Gasteiger charge is -2.27. The molecule has 0 spiro atoms. The monoisotopic (exact) mass is 332 g/mol. The third kappa shape index (κ3) is 2.19. The number of aromatic amines is 1. The molecule has 1 aliphatic carbocycles. The number of rotatable bonds is 1. The Labute approximate surface area is 145 Å². The number of hydrogen-bond donors (Lipinski definition) is 2. The first-order chi connectivity index (χ1) is 12.2. The summed E-state index contributed by atoms with van der Waals surface area (Å²) in [6.07, 6.45) is 6.14. The third-order valence-corrected chi connectivity index (χ3v) is 5.57. The fraction of sp³-hybridized carbons (Fsp3) is 0.300. The van der Waals surface area contributed by atoms with Crippen LogP contribution in [0.4, 0.5) is 5.69 Å². The molecule has 0 unspecified atom stereocenters. The van der Waals surface area contributed by atoms with Crippen LogP contribution in [0.1, 0.15) is 42.7 Å². The lowest BCUT2D eigenvalue weighted by molar-refractivity contribution is 0.396. The fourth-order valence-corrected chi connectivity index (χ4v) is 4.28. The molecule has 1 aliphatic heterocycles. The average molecular weight is 332 g/mol. The van der Waals surface area contributed by atoms with Gasteiger partial charge in [-0.2, -0.15) is 0 Å². The first kappa shape index (κ1) is 14.7. The molecule has 3 N–H and O–H groups in total. The Bertz CT molecular complexity index is 1050. The van der Waals surface area contributed by atoms with E-state index in [1.54, 1.807) is 4.57 Å². The van der Waals surface area contributed by atoms with E-state index in [9.17, 15) is 4.79 Å². The van der Waals surface area contributed by atoms with Gasteiger partial charge in [0, 0.05) is 17.8 Å². The Morgan fingerprint density at radius 1 is 1.08 bits per heavy atom. The SMILES string of the molecule is N[C@H]1CC[C@@H](c2cccc3c2N=Cc2cccc4[nH]c(=O)n-3c24)CC1. The zero-order chi connectivity index (χ0) is 17.0. The zero-order valence-corrected chi connectivity index (χ0v) is 13.9. The third-order valence-electron chi connectivity index (χ3n) is 5.57. The molecule has 0 amide bonds. The van der Waals surface area contributed by atoms with Crippen LogP contribution in [0.2, 0.25) is 0 Å². The number of nitrogens with two attached hydrogens (primary N) is 1. The van der Waals surface area contributed by atoms with Crippen molar-refractivity contribution in [2.24, 2.45) is 10.7 Å². The van der Waals surface area contributed by atoms with Gasteiger partial charge in [0.1, 0.15) is 0 Å². The number of fused-ring (bicyclic) bond motifs is 2. The maximum atomic E-state index is 12.6. The Morgan fingerprint density at radius 2 is 1.88 bits per heavy atom. The van der Waals surface area contributed by atoms with Crippen molar-refractivity contribution < 1.29 is 0 Å². The van der Waals surface area contributed by atoms with Crippen LogP contribution in [0.25, 0.3) is 16.7 Å². The summed E-state index contributed by atoms with van der Waals surface area (Å²) in [4.78, 5) is 20.4. The summed E-state index contributed by atoms with van der Waals surface area (Å²) in [7, 11) is 0. The van der Waals surface area contributed by atoms with Crippen molar-refractivity contribution in [1.29, 1.82) is 0 Å². The van der Waals surface area contributed by atoms with Crippen LogP contribution >= 0.6 is 0 Å². The summed E-state index contributed by atoms with van der Waals surface area (Å²) in [5.74, 6) is 0.457. The number of nitrogens with one attached hydrogen (secondary N) is 1. The summed E-state index contributed by atoms with van der Waals surface area (Å²) >= 11 is 0. The molecule has 5 rings (SSSR count). The molecule has 25 heavy (non-hydrogen) atoms. The maximum absolute atomic E-state index is 12.6. The second-order valence-electron chi connectivity index (χ2n) is 7.09. The molecular formula is C20H20N4O. The highest BCUT2D eigenvalue weighted by molar-refractivity contribution is 6.00. The van der Waals surface area contributed by atoms with Crippen molar-refractivity contribution in [2.45, 2.75) is 37.6 Å². The zero-order valence-electron chi connectivity index (χ0n) is 13.9. The van der Waals surface area contributed by atoms with Crippen molar-refractivity contribution in [3.63, 3.8) is 0 Å². The average Bonchev–Trinajstić information content (AvgIpc) is 2.85. The molecule has 3 aromatic rings. The van der Waals surface area contributed by atoms with Gasteiger partial charge in [-0.05, 0) is 49.3 Å². The van der Waals surface area contributed by atoms with Crippen molar-refractivity contribution in [3.05, 3.63) is 58.0 Å². The van der Waals surface area contributed by atoms with Gasteiger partial charge in [0.2, 0.25) is 0 Å². The van der Waals surface area contributed by atoms with Crippen molar-refractivity contribution in [2.75, 3.05) is 0 Å². The maximum Gasteiger partial charge on any atom is 0.331 e. The normalized spacial score (nSPS) is 22.0. The summed E-state index contributed by atoms with van der Waals surface area (Å²) < 4.78 is 1.77. The van der Waals surface area contributed by atoms with E-state index in [0.29, 0.717) is 12.0 Å². The quantitative estimate of drug-likeness (QED) is 0.561. The summed E-state index contributed by atoms with van der Waals surface area (Å²) in [5, 5.41) is 0. The van der Waals surface area contributed by atoms with Gasteiger partial charge in [-0.3, -0.25) is 9.56 Å². The summed E-state index contributed by atoms with van der Waals surface area (Å²) in [5.41, 5.74) is 11.7. The summed E-state index contributed by atoms with van der Waals surface area (Å²) in [6.45, 7) is 0. The number of H-pyrrole nitrogens is 1. The number of para-hydroxylation sites is 2. The van der Waals surface area contributed by atoms with E-state index in [1.165, 1.54) is 5.56 Å². The minimum atomic E-state index is -0.114. The molecule has 5 nitrogen and oxygen atoms in total. The lowest BCUT2D eigenvalue weighted by atomic mass is 9.81. The molecule has 1 aromatic heterocycles. The van der Waals surface area contributed by atoms with Gasteiger partial charge in [0.15, 0.2) is 0 Å². The molecule has 1 saturated carbocycles. The van der Waals surface area contributed by atoms with Gasteiger partial charge in [0.25, 0.3) is 0 Å². The number of nitrogens with zero attached hydrogens (tertiary/aromatic N) is 2. The Morgan fingerprint density at radius 3 is 2.72 bits per heavy atom. The summed E-state index contributed by atoms with van der Waals surface area (Å²) in [6, 6.07) is 12.4. The van der Waals surface area contributed by atoms with E-state index in [2.05, 4.69) is 11.1 Å². The predicted molar refractivity (Wildman–Crippen MR) is 100 cm³/mol. The molecule has 0 radical (unpaired) electrons. The van der Waals surface area contributed by atoms with Crippen molar-refractivity contribution in [3.8, 4) is 5.69 Å². The molecule has 2 aromatic carbocycles. The van der Waals surface area contributed by atoms with Crippen LogP contribution in [-0.2, 0) is 0 Å². The molecule has 1 fully saturated rings. The van der Waals surface area contributed by atoms with Crippen LogP contribution in [0.5, 0.6) is 0 Å². The molecule has 5 heteroatoms. The number of aliphatic imine (C=N–C) groups is 1. The Balaban J connectivity index is 1.75. The Hall–Kier alpha value is -2.66. The first-order valence-electron chi connectivity index (χ1n) is 8.89. The van der Waals surface area contributed by atoms with Crippen LogP contribution < -0.4 is 11.4 Å². The number of aromatic nitrogens is 2. The molecular weight excluding hydrogens is 312 g/mol. The fourth-order valence-electron chi connectivity index (χ4n) is 4.28. The van der Waals surface area contributed by atoms with E-state index in [-0.39, 0.29) is 5.69 Å². The van der Waals surface area contributed by atoms with Crippen LogP contribution in [-0.4, -0.2) is 21.8 Å². The predicted octanol–water partition coefficient (Wildman–Crippen LogP) is 3.37. The van der Waals surface area contributed by atoms with Crippen molar-refractivity contribution >= 4 is 22.9 Å². The first-order valence-corrected chi connectivity index (χ1v) is 8.89. The number of hydrogen-bond acceptors (Lipinski definition) is 3. The van der Waals surface area contributed by atoms with Gasteiger partial charge >= 0.3 is 5.69 Å². The molecule has 0 atom stereocenters. The van der Waals surface area contributed by atoms with Crippen LogP contribution in [0.15, 0.2) is 46.2 Å². The Kier molecular flexibility index (Phi) is 3.18. The molecule has 0 saturated heterocycles. The topological polar surface area (TPSA) is 76.2 Å². The van der Waals surface area contributed by atoms with Crippen molar-refractivity contribution in [1.82, 2.24) is 9.55 Å². The standard InChI is InChI=1S/C20H20N4O/c21-14-9-7-12(8-10-14)15-4-2-6-17-18(15)22-11-13-3-1-5-16-19(13)24(17)20(25)23-16/h1-6,11-12,14H,7-10,21H2,(H,23,25)/t12-,14+. The van der Waals surface area contributed by atoms with E-state index in [0.717, 1.165) is 53.7 Å². The molecule has 2 heterocycles. The van der Waals surface area contributed by atoms with Gasteiger partial charge in [-0.25, -0.2) is 4.79 Å². The second-order valence-corrected chi connectivity index (χ2v) is 7.09. The molecule has 126 valence electrons. The largest absolute Gasteiger partial charge is 0.331 e. The van der Waals surface area contributed by atoms with E-state index >= 15 is 0 Å². The van der Waals surface area contributed by atoms with Gasteiger partial charge in [-0.1, -0.05) is 24.3 Å². The van der Waals surface area contributed by atoms with Gasteiger partial charge < -0.3 is 10.7 Å². The van der Waals surface area contributed by atoms with Crippen LogP contribution in [0, 0.1) is 0 Å². The highest BCUT2D eigenvalue weighted by Crippen LogP contribution is 2.41. The minimum Gasteiger partial charge on any atom is -0.328 e. The van der Waals surface area contributed by atoms with E-state index < -0.39 is 0 Å². The highest BCUT2D eigenvalue weighted by Gasteiger charge is 2.25. The van der Waals surface area contributed by atoms with E-state index in [4.69, 9.17) is 10.7 Å². The lowest BCUT2D eigenvalue weighted by Crippen LogP contribution is -2.25. The number of imidazole rings is 1. The molecule has 2 aliphatic rings. The number of benzene rings is 2. The van der Waals surface area contributed by atoms with Gasteiger partial charge in [0.05, 0.1) is 22.4 Å². The van der Waals surface area contributed by atoms with Crippen LogP contribution in [0.3, 0.4) is 0 Å². The van der Waals surface area contributed by atoms with E-state index in [1.807, 2.05) is 36.5 Å². The molecule has 0 bridgehead atoms. The second kappa shape index (κ2) is 5.43. The minimum absolute atomic E-state index is 0.114. The van der Waals surface area contributed by atoms with Gasteiger partial charge in [-0.15, -0.1) is 0 Å². The smallest absolute Gasteiger partial charge is 0.328 e. The highest BCUT2D eigenvalue weighted by atomic mass is 16.1.